The monoisotopic (exact) mass is 233 g/mol. The minimum Gasteiger partial charge on any atom is -0.478 e. The molecule has 0 aromatic rings. The van der Waals surface area contributed by atoms with Gasteiger partial charge in [-0.2, -0.15) is 0 Å². The van der Waals surface area contributed by atoms with Crippen molar-refractivity contribution in [3.05, 3.63) is 34.6 Å². The Morgan fingerprint density at radius 1 is 1.18 bits per heavy atom. The molecule has 1 aliphatic heterocycles. The highest BCUT2D eigenvalue weighted by Crippen LogP contribution is 2.29. The van der Waals surface area contributed by atoms with Crippen LogP contribution < -0.4 is 0 Å². The molecule has 0 bridgehead atoms. The summed E-state index contributed by atoms with van der Waals surface area (Å²) in [5.41, 5.74) is 0.707. The van der Waals surface area contributed by atoms with Gasteiger partial charge in [0.05, 0.1) is 11.8 Å². The lowest BCUT2D eigenvalue weighted by Gasteiger charge is -2.13. The van der Waals surface area contributed by atoms with E-state index in [-0.39, 0.29) is 23.3 Å². The number of rotatable bonds is 2. The van der Waals surface area contributed by atoms with Gasteiger partial charge in [0.25, 0.3) is 0 Å². The van der Waals surface area contributed by atoms with Gasteiger partial charge in [0.15, 0.2) is 0 Å². The van der Waals surface area contributed by atoms with E-state index in [9.17, 15) is 9.59 Å². The fourth-order valence-electron chi connectivity index (χ4n) is 1.52. The third kappa shape index (κ3) is 2.03. The topological polar surface area (TPSA) is 112 Å². The first-order valence-electron chi connectivity index (χ1n) is 4.64. The summed E-state index contributed by atoms with van der Waals surface area (Å²) in [6.07, 6.45) is 3.82. The Balaban J connectivity index is 2.50. The Hall–Kier alpha value is -2.57. The first-order valence-corrected chi connectivity index (χ1v) is 4.64. The average Bonchev–Trinajstić information content (AvgIpc) is 2.81. The first-order chi connectivity index (χ1) is 8.09. The molecule has 0 amide bonds. The van der Waals surface area contributed by atoms with Crippen molar-refractivity contribution in [1.82, 2.24) is 0 Å². The number of allylic oxidation sites excluding steroid dienone is 3. The fraction of sp³-hybridized carbons (Fsp3) is 0.100. The second-order valence-electron chi connectivity index (χ2n) is 3.36. The number of nitrogens with zero attached hydrogens (tertiary/aromatic N) is 3. The minimum absolute atomic E-state index is 0.00611. The Kier molecular flexibility index (Phi) is 2.65. The molecule has 2 rings (SSSR count). The fourth-order valence-corrected chi connectivity index (χ4v) is 1.52. The summed E-state index contributed by atoms with van der Waals surface area (Å²) in [6.45, 7) is 0. The zero-order chi connectivity index (χ0) is 12.4. The van der Waals surface area contributed by atoms with Crippen molar-refractivity contribution in [2.75, 3.05) is 0 Å². The maximum atomic E-state index is 11.0. The molecule has 0 fully saturated rings. The van der Waals surface area contributed by atoms with Gasteiger partial charge in [-0.3, -0.25) is 0 Å². The predicted octanol–water partition coefficient (Wildman–Crippen LogP) is 1.12. The molecule has 86 valence electrons. The van der Waals surface area contributed by atoms with Crippen LogP contribution in [0.1, 0.15) is 6.42 Å². The Bertz CT molecular complexity index is 538. The van der Waals surface area contributed by atoms with E-state index in [4.69, 9.17) is 10.2 Å². The molecule has 2 N–H and O–H groups in total. The zero-order valence-corrected chi connectivity index (χ0v) is 8.49. The Morgan fingerprint density at radius 3 is 2.47 bits per heavy atom. The molecule has 0 aromatic heterocycles. The van der Waals surface area contributed by atoms with E-state index in [2.05, 4.69) is 15.4 Å². The van der Waals surface area contributed by atoms with Crippen molar-refractivity contribution in [3.8, 4) is 0 Å². The summed E-state index contributed by atoms with van der Waals surface area (Å²) >= 11 is 0. The molecular formula is C10H7N3O4. The standard InChI is InChI=1S/C10H7N3O4/c14-9(15)5-1-2-6(10(16)17)7(3-5)8-4-11-13-12-8/h1-2,4H,3H2,(H,14,15)(H,16,17). The summed E-state index contributed by atoms with van der Waals surface area (Å²) in [5.74, 6) is -2.22. The number of carbonyl (C=O) groups is 2. The molecule has 0 saturated heterocycles. The lowest BCUT2D eigenvalue weighted by molar-refractivity contribution is -0.134. The van der Waals surface area contributed by atoms with Crippen LogP contribution in [0.5, 0.6) is 0 Å². The first kappa shape index (κ1) is 10.9. The van der Waals surface area contributed by atoms with Crippen molar-refractivity contribution in [1.29, 1.82) is 0 Å². The van der Waals surface area contributed by atoms with E-state index in [0.717, 1.165) is 0 Å². The second kappa shape index (κ2) is 4.12. The second-order valence-corrected chi connectivity index (χ2v) is 3.36. The Morgan fingerprint density at radius 2 is 1.94 bits per heavy atom. The zero-order valence-electron chi connectivity index (χ0n) is 8.49. The van der Waals surface area contributed by atoms with Crippen molar-refractivity contribution in [2.45, 2.75) is 6.42 Å². The SMILES string of the molecule is O=C(O)C1=CC=C(C(=O)O)C(=C2C=NN=N2)C1. The molecule has 7 heteroatoms. The van der Waals surface area contributed by atoms with Gasteiger partial charge in [0, 0.05) is 17.6 Å². The highest BCUT2D eigenvalue weighted by molar-refractivity contribution is 5.99. The van der Waals surface area contributed by atoms with Crippen LogP contribution >= 0.6 is 0 Å². The van der Waals surface area contributed by atoms with Gasteiger partial charge in [0.1, 0.15) is 5.70 Å². The summed E-state index contributed by atoms with van der Waals surface area (Å²) in [7, 11) is 0. The molecule has 7 nitrogen and oxygen atoms in total. The van der Waals surface area contributed by atoms with Crippen molar-refractivity contribution >= 4 is 18.2 Å². The van der Waals surface area contributed by atoms with E-state index in [0.29, 0.717) is 5.57 Å². The van der Waals surface area contributed by atoms with Gasteiger partial charge in [-0.05, 0) is 11.3 Å². The van der Waals surface area contributed by atoms with Crippen LogP contribution in [0, 0.1) is 0 Å². The molecule has 1 heterocycles. The van der Waals surface area contributed by atoms with Crippen LogP contribution in [0.3, 0.4) is 0 Å². The molecule has 0 radical (unpaired) electrons. The van der Waals surface area contributed by atoms with E-state index in [1.807, 2.05) is 0 Å². The summed E-state index contributed by atoms with van der Waals surface area (Å²) in [6, 6.07) is 0. The maximum absolute atomic E-state index is 11.0. The van der Waals surface area contributed by atoms with Crippen LogP contribution in [-0.2, 0) is 9.59 Å². The van der Waals surface area contributed by atoms with Crippen LogP contribution in [-0.4, -0.2) is 28.4 Å². The molecule has 0 saturated carbocycles. The maximum Gasteiger partial charge on any atom is 0.336 e. The molecule has 0 unspecified atom stereocenters. The molecule has 0 aromatic carbocycles. The third-order valence-corrected chi connectivity index (χ3v) is 2.34. The van der Waals surface area contributed by atoms with E-state index in [1.54, 1.807) is 0 Å². The highest BCUT2D eigenvalue weighted by Gasteiger charge is 2.24. The molecule has 0 spiro atoms. The third-order valence-electron chi connectivity index (χ3n) is 2.34. The number of carboxylic acids is 2. The number of aliphatic carboxylic acids is 2. The number of hydrogen-bond donors (Lipinski definition) is 2. The lowest BCUT2D eigenvalue weighted by atomic mass is 9.91. The van der Waals surface area contributed by atoms with Crippen LogP contribution in [0.2, 0.25) is 0 Å². The van der Waals surface area contributed by atoms with Crippen molar-refractivity contribution in [3.63, 3.8) is 0 Å². The van der Waals surface area contributed by atoms with Crippen LogP contribution in [0.4, 0.5) is 0 Å². The van der Waals surface area contributed by atoms with E-state index < -0.39 is 11.9 Å². The van der Waals surface area contributed by atoms with Crippen molar-refractivity contribution in [2.24, 2.45) is 15.4 Å². The Labute approximate surface area is 95.2 Å². The molecule has 2 aliphatic rings. The number of carboxylic acid groups (broad SMARTS) is 2. The quantitative estimate of drug-likeness (QED) is 0.743. The van der Waals surface area contributed by atoms with Gasteiger partial charge >= 0.3 is 11.9 Å². The highest BCUT2D eigenvalue weighted by atomic mass is 16.4. The summed E-state index contributed by atoms with van der Waals surface area (Å²) in [5, 5.41) is 28.4. The molecule has 17 heavy (non-hydrogen) atoms. The van der Waals surface area contributed by atoms with Crippen molar-refractivity contribution < 1.29 is 19.8 Å². The predicted molar refractivity (Wildman–Crippen MR) is 56.4 cm³/mol. The smallest absolute Gasteiger partial charge is 0.336 e. The van der Waals surface area contributed by atoms with Gasteiger partial charge in [-0.25, -0.2) is 9.59 Å². The molecule has 0 atom stereocenters. The summed E-state index contributed by atoms with van der Waals surface area (Å²) in [4.78, 5) is 21.8. The van der Waals surface area contributed by atoms with Gasteiger partial charge < -0.3 is 10.2 Å². The van der Waals surface area contributed by atoms with E-state index in [1.165, 1.54) is 18.4 Å². The van der Waals surface area contributed by atoms with Gasteiger partial charge in [0.2, 0.25) is 0 Å². The van der Waals surface area contributed by atoms with Gasteiger partial charge in [-0.15, -0.1) is 10.2 Å². The van der Waals surface area contributed by atoms with Gasteiger partial charge in [-0.1, -0.05) is 6.08 Å². The van der Waals surface area contributed by atoms with Crippen LogP contribution in [0.25, 0.3) is 0 Å². The molecule has 1 aliphatic carbocycles. The van der Waals surface area contributed by atoms with E-state index >= 15 is 0 Å². The number of hydrogen-bond acceptors (Lipinski definition) is 5. The molecular weight excluding hydrogens is 226 g/mol. The largest absolute Gasteiger partial charge is 0.478 e. The lowest BCUT2D eigenvalue weighted by Crippen LogP contribution is -2.13. The summed E-state index contributed by atoms with van der Waals surface area (Å²) < 4.78 is 0. The normalized spacial score (nSPS) is 22.4. The van der Waals surface area contributed by atoms with Crippen LogP contribution in [0.15, 0.2) is 50.0 Å². The minimum atomic E-state index is -1.14. The average molecular weight is 233 g/mol.